The van der Waals surface area contributed by atoms with Crippen molar-refractivity contribution in [3.63, 3.8) is 0 Å². The van der Waals surface area contributed by atoms with Crippen LogP contribution in [0.1, 0.15) is 60.2 Å². The molecule has 0 aliphatic carbocycles. The largest absolute Gasteiger partial charge is 0.480 e. The second kappa shape index (κ2) is 28.4. The number of carbonyl (C=O) groups excluding carboxylic acids is 4. The van der Waals surface area contributed by atoms with Crippen LogP contribution in [0.25, 0.3) is 22.0 Å². The number of nitrogens with one attached hydrogen (secondary N) is 2. The van der Waals surface area contributed by atoms with Gasteiger partial charge < -0.3 is 40.9 Å². The average molecular weight is 973 g/mol. The molecule has 2 fully saturated rings. The molecule has 3 heterocycles. The molecule has 378 valence electrons. The third kappa shape index (κ3) is 18.1. The van der Waals surface area contributed by atoms with Crippen LogP contribution in [0.4, 0.5) is 0 Å². The molecule has 2 aromatic carbocycles. The first-order valence-electron chi connectivity index (χ1n) is 23.3. The second-order valence-electron chi connectivity index (χ2n) is 17.0. The Hall–Kier alpha value is -7.06. The lowest BCUT2D eigenvalue weighted by Crippen LogP contribution is -2.50. The van der Waals surface area contributed by atoms with Crippen molar-refractivity contribution in [3.8, 4) is 17.2 Å². The summed E-state index contributed by atoms with van der Waals surface area (Å²) in [5.74, 6) is -6.25. The Labute approximate surface area is 406 Å². The van der Waals surface area contributed by atoms with E-state index in [2.05, 4.69) is 35.5 Å². The van der Waals surface area contributed by atoms with Crippen LogP contribution in [0.15, 0.2) is 54.7 Å². The number of nitrogens with zero attached hydrogens (tertiary/aromatic N) is 8. The fraction of sp³-hybridized carbons (Fsp3) is 0.500. The highest BCUT2D eigenvalue weighted by molar-refractivity contribution is 6.07. The maximum atomic E-state index is 13.6. The lowest BCUT2D eigenvalue weighted by molar-refractivity contribution is -0.145. The van der Waals surface area contributed by atoms with Gasteiger partial charge in [0.15, 0.2) is 0 Å². The predicted octanol–water partition coefficient (Wildman–Crippen LogP) is 1.07. The summed E-state index contributed by atoms with van der Waals surface area (Å²) in [4.78, 5) is 113. The topological polar surface area (TPSA) is 298 Å². The number of benzene rings is 2. The standard InChI is InChI=1S/C45H56N10O12.C3H8/c46-24-34-3-1-14-55(34)38(56)25-49-45(67)35-10-12-47-37-9-8-33(23-36(35)37)31-4-6-32(7-5-31)44(66)48-11-2-13-54(30-43(64)65)39(57)26-50-15-17-51(27-40(58)59)19-21-53(29-42(62)63)22-20-52(18-16-50)28-41(60)61;1-3-2/h4-10,12,23,34H,1-3,11,13-22,25-30H2,(H,48,66)(H,49,67)(H,58,59)(H,60,61)(H,62,63)(H,64,65);3H2,1-2H3/t34-;/m0./s1. The average Bonchev–Trinajstić information content (AvgIpc) is 3.81. The molecule has 2 aliphatic rings. The minimum Gasteiger partial charge on any atom is -0.480 e. The van der Waals surface area contributed by atoms with Crippen LogP contribution in [-0.4, -0.2) is 220 Å². The van der Waals surface area contributed by atoms with Gasteiger partial charge in [-0.25, -0.2) is 0 Å². The van der Waals surface area contributed by atoms with E-state index in [-0.39, 0.29) is 110 Å². The molecule has 70 heavy (non-hydrogen) atoms. The zero-order valence-electron chi connectivity index (χ0n) is 39.8. The molecule has 3 aromatic rings. The van der Waals surface area contributed by atoms with Crippen LogP contribution in [0.3, 0.4) is 0 Å². The summed E-state index contributed by atoms with van der Waals surface area (Å²) in [7, 11) is 0. The van der Waals surface area contributed by atoms with Crippen LogP contribution < -0.4 is 10.6 Å². The SMILES string of the molecule is CCC.N#C[C@@H]1CCCN1C(=O)CNC(=O)c1ccnc2ccc(-c3ccc(C(=O)NCCCN(CC(=O)O)C(=O)CN4CCN(CC(=O)O)CCN(CC(=O)O)CCN(CC(=O)O)CC4)cc3)cc12. The van der Waals surface area contributed by atoms with Gasteiger partial charge in [0.05, 0.1) is 49.9 Å². The van der Waals surface area contributed by atoms with Crippen molar-refractivity contribution in [2.45, 2.75) is 45.6 Å². The van der Waals surface area contributed by atoms with Crippen LogP contribution in [0, 0.1) is 11.3 Å². The fourth-order valence-electron chi connectivity index (χ4n) is 8.00. The summed E-state index contributed by atoms with van der Waals surface area (Å²) in [6, 6.07) is 15.3. The number of carbonyl (C=O) groups is 8. The first-order chi connectivity index (χ1) is 33.5. The first-order valence-corrected chi connectivity index (χ1v) is 23.3. The van der Waals surface area contributed by atoms with E-state index in [9.17, 15) is 64.0 Å². The van der Waals surface area contributed by atoms with E-state index in [4.69, 9.17) is 0 Å². The van der Waals surface area contributed by atoms with E-state index in [1.165, 1.54) is 17.5 Å². The molecular formula is C48H64N10O12. The van der Waals surface area contributed by atoms with Gasteiger partial charge in [0, 0.05) is 89.1 Å². The van der Waals surface area contributed by atoms with Crippen molar-refractivity contribution in [2.75, 3.05) is 111 Å². The molecule has 0 unspecified atom stereocenters. The summed E-state index contributed by atoms with van der Waals surface area (Å²) in [6.45, 7) is 4.25. The number of aromatic nitrogens is 1. The van der Waals surface area contributed by atoms with Gasteiger partial charge >= 0.3 is 23.9 Å². The molecule has 4 amide bonds. The van der Waals surface area contributed by atoms with Crippen molar-refractivity contribution in [1.82, 2.24) is 45.0 Å². The molecule has 6 N–H and O–H groups in total. The van der Waals surface area contributed by atoms with Crippen molar-refractivity contribution < 1.29 is 58.8 Å². The van der Waals surface area contributed by atoms with Gasteiger partial charge in [0.25, 0.3) is 11.8 Å². The van der Waals surface area contributed by atoms with Gasteiger partial charge in [-0.1, -0.05) is 38.5 Å². The number of likely N-dealkylation sites (tertiary alicyclic amines) is 1. The maximum Gasteiger partial charge on any atom is 0.323 e. The Balaban J connectivity index is 0.00000346. The number of fused-ring (bicyclic) bond motifs is 1. The number of carboxylic acid groups (broad SMARTS) is 4. The Bertz CT molecular complexity index is 2310. The van der Waals surface area contributed by atoms with Gasteiger partial charge in [0.2, 0.25) is 11.8 Å². The molecule has 22 heteroatoms. The molecule has 5 rings (SSSR count). The number of hydrogen-bond acceptors (Lipinski definition) is 14. The van der Waals surface area contributed by atoms with Crippen molar-refractivity contribution in [2.24, 2.45) is 0 Å². The van der Waals surface area contributed by atoms with E-state index in [0.29, 0.717) is 35.0 Å². The van der Waals surface area contributed by atoms with Gasteiger partial charge in [-0.2, -0.15) is 5.26 Å². The number of carboxylic acids is 4. The van der Waals surface area contributed by atoms with Gasteiger partial charge in [-0.15, -0.1) is 0 Å². The lowest BCUT2D eigenvalue weighted by atomic mass is 9.99. The molecule has 22 nitrogen and oxygen atoms in total. The Morgan fingerprint density at radius 2 is 1.21 bits per heavy atom. The van der Waals surface area contributed by atoms with Gasteiger partial charge in [-0.3, -0.25) is 62.9 Å². The van der Waals surface area contributed by atoms with Crippen LogP contribution in [-0.2, 0) is 28.8 Å². The van der Waals surface area contributed by atoms with E-state index < -0.39 is 54.2 Å². The maximum absolute atomic E-state index is 13.6. The number of aliphatic carboxylic acids is 4. The predicted molar refractivity (Wildman–Crippen MR) is 256 cm³/mol. The number of hydrogen-bond donors (Lipinski definition) is 6. The summed E-state index contributed by atoms with van der Waals surface area (Å²) >= 11 is 0. The molecule has 0 saturated carbocycles. The third-order valence-corrected chi connectivity index (χ3v) is 11.5. The van der Waals surface area contributed by atoms with E-state index in [1.807, 2.05) is 6.07 Å². The highest BCUT2D eigenvalue weighted by Crippen LogP contribution is 2.26. The third-order valence-electron chi connectivity index (χ3n) is 11.5. The molecule has 0 bridgehead atoms. The number of rotatable bonds is 19. The molecule has 0 radical (unpaired) electrons. The van der Waals surface area contributed by atoms with Crippen LogP contribution in [0.5, 0.6) is 0 Å². The number of pyridine rings is 1. The fourth-order valence-corrected chi connectivity index (χ4v) is 8.00. The summed E-state index contributed by atoms with van der Waals surface area (Å²) in [6.07, 6.45) is 4.30. The summed E-state index contributed by atoms with van der Waals surface area (Å²) in [5, 5.41) is 53.4. The van der Waals surface area contributed by atoms with Gasteiger partial charge in [-0.05, 0) is 60.7 Å². The van der Waals surface area contributed by atoms with Crippen molar-refractivity contribution >= 4 is 58.4 Å². The number of amides is 4. The molecule has 1 atom stereocenters. The second-order valence-corrected chi connectivity index (χ2v) is 17.0. The Kier molecular flexibility index (Phi) is 22.6. The highest BCUT2D eigenvalue weighted by Gasteiger charge is 2.29. The molecule has 1 aromatic heterocycles. The quantitative estimate of drug-likeness (QED) is 0.0916. The molecule has 0 spiro atoms. The minimum absolute atomic E-state index is 0.0128. The zero-order chi connectivity index (χ0) is 51.2. The summed E-state index contributed by atoms with van der Waals surface area (Å²) < 4.78 is 0. The smallest absolute Gasteiger partial charge is 0.323 e. The van der Waals surface area contributed by atoms with E-state index >= 15 is 0 Å². The Morgan fingerprint density at radius 3 is 1.73 bits per heavy atom. The number of nitriles is 1. The monoisotopic (exact) mass is 972 g/mol. The summed E-state index contributed by atoms with van der Waals surface area (Å²) in [5.41, 5.74) is 2.69. The van der Waals surface area contributed by atoms with Crippen molar-refractivity contribution in [3.05, 3.63) is 65.9 Å². The molecule has 2 aliphatic heterocycles. The van der Waals surface area contributed by atoms with Crippen LogP contribution >= 0.6 is 0 Å². The highest BCUT2D eigenvalue weighted by atomic mass is 16.4. The van der Waals surface area contributed by atoms with Gasteiger partial charge in [0.1, 0.15) is 12.6 Å². The lowest BCUT2D eigenvalue weighted by Gasteiger charge is -2.33. The minimum atomic E-state index is -1.25. The zero-order valence-corrected chi connectivity index (χ0v) is 39.8. The normalized spacial score (nSPS) is 16.4. The first kappa shape index (κ1) is 55.5. The molecule has 2 saturated heterocycles. The van der Waals surface area contributed by atoms with E-state index in [1.54, 1.807) is 62.1 Å². The van der Waals surface area contributed by atoms with Crippen LogP contribution in [0.2, 0.25) is 0 Å². The van der Waals surface area contributed by atoms with E-state index in [0.717, 1.165) is 22.4 Å². The van der Waals surface area contributed by atoms with Crippen molar-refractivity contribution in [1.29, 1.82) is 5.26 Å². The Morgan fingerprint density at radius 1 is 0.686 bits per heavy atom. The molecular weight excluding hydrogens is 909 g/mol.